The second kappa shape index (κ2) is 5.06. The predicted octanol–water partition coefficient (Wildman–Crippen LogP) is 1.50. The maximum atomic E-state index is 5.63. The van der Waals surface area contributed by atoms with Gasteiger partial charge in [0.25, 0.3) is 0 Å². The van der Waals surface area contributed by atoms with Crippen molar-refractivity contribution in [2.45, 2.75) is 6.42 Å². The van der Waals surface area contributed by atoms with E-state index >= 15 is 0 Å². The van der Waals surface area contributed by atoms with Crippen LogP contribution in [0.4, 0.5) is 5.69 Å². The van der Waals surface area contributed by atoms with E-state index in [1.54, 1.807) is 0 Å². The van der Waals surface area contributed by atoms with Gasteiger partial charge in [0, 0.05) is 24.8 Å². The van der Waals surface area contributed by atoms with Gasteiger partial charge in [-0.3, -0.25) is 0 Å². The van der Waals surface area contributed by atoms with Crippen LogP contribution in [0, 0.1) is 5.92 Å². The molecule has 1 unspecified atom stereocenters. The van der Waals surface area contributed by atoms with Crippen LogP contribution in [0.2, 0.25) is 0 Å². The molecule has 1 aromatic rings. The van der Waals surface area contributed by atoms with Crippen LogP contribution in [0.25, 0.3) is 0 Å². The molecule has 0 aliphatic carbocycles. The molecule has 0 aromatic heterocycles. The molecule has 98 valence electrons. The Morgan fingerprint density at radius 2 is 2.11 bits per heavy atom. The van der Waals surface area contributed by atoms with Crippen LogP contribution in [0.5, 0.6) is 11.5 Å². The van der Waals surface area contributed by atoms with E-state index < -0.39 is 0 Å². The molecule has 4 nitrogen and oxygen atoms in total. The van der Waals surface area contributed by atoms with Crippen LogP contribution in [-0.4, -0.2) is 39.9 Å². The third-order valence-corrected chi connectivity index (χ3v) is 3.67. The second-order valence-electron chi connectivity index (χ2n) is 4.99. The lowest BCUT2D eigenvalue weighted by Gasteiger charge is -2.23. The van der Waals surface area contributed by atoms with Gasteiger partial charge in [0.15, 0.2) is 11.5 Å². The molecule has 1 fully saturated rings. The summed E-state index contributed by atoms with van der Waals surface area (Å²) in [7, 11) is 2.02. The van der Waals surface area contributed by atoms with Gasteiger partial charge in [0.1, 0.15) is 13.2 Å². The molecule has 3 rings (SSSR count). The number of hydrogen-bond acceptors (Lipinski definition) is 4. The number of nitrogens with zero attached hydrogens (tertiary/aromatic N) is 1. The summed E-state index contributed by atoms with van der Waals surface area (Å²) in [6.45, 7) is 4.66. The summed E-state index contributed by atoms with van der Waals surface area (Å²) < 4.78 is 11.2. The fourth-order valence-corrected chi connectivity index (χ4v) is 2.75. The highest BCUT2D eigenvalue weighted by Gasteiger charge is 2.23. The lowest BCUT2D eigenvalue weighted by molar-refractivity contribution is 0.171. The number of fused-ring (bicyclic) bond motifs is 1. The first-order valence-corrected chi connectivity index (χ1v) is 6.66. The maximum Gasteiger partial charge on any atom is 0.163 e. The van der Waals surface area contributed by atoms with Gasteiger partial charge in [-0.25, -0.2) is 0 Å². The largest absolute Gasteiger partial charge is 0.486 e. The second-order valence-corrected chi connectivity index (χ2v) is 4.99. The molecule has 1 atom stereocenters. The van der Waals surface area contributed by atoms with Crippen LogP contribution in [0.15, 0.2) is 18.2 Å². The van der Waals surface area contributed by atoms with E-state index in [1.807, 2.05) is 13.1 Å². The first kappa shape index (κ1) is 11.7. The summed E-state index contributed by atoms with van der Waals surface area (Å²) in [6, 6.07) is 6.26. The zero-order chi connectivity index (χ0) is 12.4. The van der Waals surface area contributed by atoms with Gasteiger partial charge in [-0.2, -0.15) is 0 Å². The van der Waals surface area contributed by atoms with Gasteiger partial charge in [-0.05, 0) is 38.1 Å². The Hall–Kier alpha value is -1.42. The van der Waals surface area contributed by atoms with Crippen LogP contribution in [-0.2, 0) is 0 Å². The number of nitrogens with one attached hydrogen (secondary N) is 1. The Morgan fingerprint density at radius 1 is 1.28 bits per heavy atom. The third kappa shape index (κ3) is 2.25. The Bertz CT molecular complexity index is 422. The van der Waals surface area contributed by atoms with Gasteiger partial charge < -0.3 is 19.7 Å². The van der Waals surface area contributed by atoms with E-state index in [0.717, 1.165) is 37.1 Å². The van der Waals surface area contributed by atoms with E-state index in [0.29, 0.717) is 13.2 Å². The highest BCUT2D eigenvalue weighted by molar-refractivity contribution is 5.57. The molecular formula is C14H20N2O2. The number of hydrogen-bond donors (Lipinski definition) is 1. The molecule has 1 saturated heterocycles. The maximum absolute atomic E-state index is 5.63. The summed E-state index contributed by atoms with van der Waals surface area (Å²) in [6.07, 6.45) is 1.26. The number of benzene rings is 1. The number of ether oxygens (including phenoxy) is 2. The van der Waals surface area contributed by atoms with Crippen molar-refractivity contribution in [2.24, 2.45) is 5.92 Å². The molecule has 2 aliphatic rings. The van der Waals surface area contributed by atoms with E-state index in [9.17, 15) is 0 Å². The first-order chi connectivity index (χ1) is 8.86. The summed E-state index contributed by atoms with van der Waals surface area (Å²) >= 11 is 0. The van der Waals surface area contributed by atoms with Crippen molar-refractivity contribution in [2.75, 3.05) is 44.8 Å². The lowest BCUT2D eigenvalue weighted by atomic mass is 10.1. The zero-order valence-corrected chi connectivity index (χ0v) is 10.8. The summed E-state index contributed by atoms with van der Waals surface area (Å²) in [4.78, 5) is 2.43. The molecule has 0 spiro atoms. The van der Waals surface area contributed by atoms with E-state index in [2.05, 4.69) is 22.3 Å². The first-order valence-electron chi connectivity index (χ1n) is 6.66. The Labute approximate surface area is 108 Å². The Balaban J connectivity index is 1.73. The highest BCUT2D eigenvalue weighted by atomic mass is 16.6. The summed E-state index contributed by atoms with van der Waals surface area (Å²) in [5, 5.41) is 3.26. The van der Waals surface area contributed by atoms with Crippen LogP contribution < -0.4 is 19.7 Å². The average Bonchev–Trinajstić information content (AvgIpc) is 2.87. The van der Waals surface area contributed by atoms with Gasteiger partial charge in [0.05, 0.1) is 0 Å². The fraction of sp³-hybridized carbons (Fsp3) is 0.571. The Morgan fingerprint density at radius 3 is 2.94 bits per heavy atom. The molecule has 2 heterocycles. The van der Waals surface area contributed by atoms with E-state index in [-0.39, 0.29) is 0 Å². The smallest absolute Gasteiger partial charge is 0.163 e. The van der Waals surface area contributed by atoms with Crippen molar-refractivity contribution in [3.05, 3.63) is 18.2 Å². The third-order valence-electron chi connectivity index (χ3n) is 3.67. The molecule has 1 aromatic carbocycles. The van der Waals surface area contributed by atoms with Crippen molar-refractivity contribution in [3.63, 3.8) is 0 Å². The van der Waals surface area contributed by atoms with Crippen LogP contribution in [0.3, 0.4) is 0 Å². The number of rotatable bonds is 3. The zero-order valence-electron chi connectivity index (χ0n) is 10.8. The van der Waals surface area contributed by atoms with Crippen LogP contribution in [0.1, 0.15) is 6.42 Å². The molecule has 0 saturated carbocycles. The highest BCUT2D eigenvalue weighted by Crippen LogP contribution is 2.35. The number of anilines is 1. The minimum absolute atomic E-state index is 0.652. The minimum atomic E-state index is 0.652. The van der Waals surface area contributed by atoms with Crippen molar-refractivity contribution < 1.29 is 9.47 Å². The topological polar surface area (TPSA) is 33.7 Å². The van der Waals surface area contributed by atoms with Gasteiger partial charge in [-0.1, -0.05) is 0 Å². The molecular weight excluding hydrogens is 228 g/mol. The molecule has 18 heavy (non-hydrogen) atoms. The van der Waals surface area contributed by atoms with Gasteiger partial charge in [0.2, 0.25) is 0 Å². The Kier molecular flexibility index (Phi) is 3.28. The monoisotopic (exact) mass is 248 g/mol. The van der Waals surface area contributed by atoms with Crippen molar-refractivity contribution >= 4 is 5.69 Å². The van der Waals surface area contributed by atoms with Gasteiger partial charge in [-0.15, -0.1) is 0 Å². The molecule has 0 radical (unpaired) electrons. The summed E-state index contributed by atoms with van der Waals surface area (Å²) in [5.41, 5.74) is 1.25. The predicted molar refractivity (Wildman–Crippen MR) is 71.7 cm³/mol. The SMILES string of the molecule is CNCC1CCN(c2ccc3c(c2)OCCO3)C1. The summed E-state index contributed by atoms with van der Waals surface area (Å²) in [5.74, 6) is 2.51. The fourth-order valence-electron chi connectivity index (χ4n) is 2.75. The van der Waals surface area contributed by atoms with Crippen molar-refractivity contribution in [3.8, 4) is 11.5 Å². The normalized spacial score (nSPS) is 22.3. The van der Waals surface area contributed by atoms with Gasteiger partial charge >= 0.3 is 0 Å². The quantitative estimate of drug-likeness (QED) is 0.879. The molecule has 0 bridgehead atoms. The average molecular weight is 248 g/mol. The standard InChI is InChI=1S/C14H20N2O2/c1-15-9-11-4-5-16(10-11)12-2-3-13-14(8-12)18-7-6-17-13/h2-3,8,11,15H,4-7,9-10H2,1H3. The molecule has 2 aliphatic heterocycles. The molecule has 1 N–H and O–H groups in total. The molecule has 0 amide bonds. The molecule has 4 heteroatoms. The van der Waals surface area contributed by atoms with Crippen molar-refractivity contribution in [1.82, 2.24) is 5.32 Å². The lowest BCUT2D eigenvalue weighted by Crippen LogP contribution is -2.24. The van der Waals surface area contributed by atoms with Crippen LogP contribution >= 0.6 is 0 Å². The minimum Gasteiger partial charge on any atom is -0.486 e. The van der Waals surface area contributed by atoms with E-state index in [4.69, 9.17) is 9.47 Å². The van der Waals surface area contributed by atoms with Crippen molar-refractivity contribution in [1.29, 1.82) is 0 Å². The van der Waals surface area contributed by atoms with E-state index in [1.165, 1.54) is 12.1 Å².